The van der Waals surface area contributed by atoms with Crippen LogP contribution in [0.4, 0.5) is 22.8 Å². The van der Waals surface area contributed by atoms with Gasteiger partial charge in [-0.15, -0.1) is 0 Å². The first-order valence-electron chi connectivity index (χ1n) is 13.7. The standard InChI is InChI=1S/C31H36BrF3N2O4/c1-8-9-10-19-16-21-20-14-18(33)15-24(35)26(20)37(29(39)41-31(5,6)7)27(21)25(17-11-12-22(32)23(34)13-17)36(19)28(38)40-30(2,3)4/h11-15,19,25H,8-10,16H2,1-7H3/t19-,25-/m0/s1. The minimum Gasteiger partial charge on any atom is -0.444 e. The Morgan fingerprint density at radius 3 is 2.17 bits per heavy atom. The molecule has 3 aromatic rings. The Labute approximate surface area is 246 Å². The van der Waals surface area contributed by atoms with Crippen LogP contribution in [0.25, 0.3) is 10.9 Å². The fraction of sp³-hybridized carbons (Fsp3) is 0.484. The van der Waals surface area contributed by atoms with E-state index in [1.165, 1.54) is 23.1 Å². The van der Waals surface area contributed by atoms with Crippen LogP contribution in [0.1, 0.15) is 90.6 Å². The van der Waals surface area contributed by atoms with Crippen LogP contribution in [0.3, 0.4) is 0 Å². The van der Waals surface area contributed by atoms with Crippen LogP contribution in [0.15, 0.2) is 34.8 Å². The zero-order valence-corrected chi connectivity index (χ0v) is 26.0. The number of carbonyl (C=O) groups is 2. The van der Waals surface area contributed by atoms with Gasteiger partial charge < -0.3 is 9.47 Å². The van der Waals surface area contributed by atoms with Crippen LogP contribution in [-0.2, 0) is 15.9 Å². The normalized spacial score (nSPS) is 17.5. The molecule has 0 bridgehead atoms. The average Bonchev–Trinajstić information content (AvgIpc) is 3.15. The molecular formula is C31H36BrF3N2O4. The minimum absolute atomic E-state index is 0.159. The van der Waals surface area contributed by atoms with Gasteiger partial charge in [0.1, 0.15) is 28.9 Å². The Balaban J connectivity index is 2.12. The molecule has 222 valence electrons. The molecule has 0 unspecified atom stereocenters. The number of ether oxygens (including phenoxy) is 2. The molecule has 0 spiro atoms. The van der Waals surface area contributed by atoms with Crippen molar-refractivity contribution in [1.29, 1.82) is 0 Å². The molecule has 1 aliphatic rings. The first kappa shape index (κ1) is 30.9. The molecule has 0 saturated heterocycles. The van der Waals surface area contributed by atoms with Crippen molar-refractivity contribution in [2.45, 2.75) is 97.4 Å². The highest BCUT2D eigenvalue weighted by atomic mass is 79.9. The van der Waals surface area contributed by atoms with Crippen molar-refractivity contribution in [2.24, 2.45) is 0 Å². The first-order chi connectivity index (χ1) is 19.0. The molecule has 1 amide bonds. The summed E-state index contributed by atoms with van der Waals surface area (Å²) in [5.74, 6) is -2.33. The number of carbonyl (C=O) groups excluding carboxylic acids is 2. The smallest absolute Gasteiger partial charge is 0.419 e. The van der Waals surface area contributed by atoms with Crippen molar-refractivity contribution < 1.29 is 32.2 Å². The molecule has 2 aromatic carbocycles. The van der Waals surface area contributed by atoms with E-state index < -0.39 is 52.9 Å². The van der Waals surface area contributed by atoms with Crippen LogP contribution in [0.5, 0.6) is 0 Å². The molecule has 2 heterocycles. The van der Waals surface area contributed by atoms with Gasteiger partial charge >= 0.3 is 12.2 Å². The van der Waals surface area contributed by atoms with E-state index in [0.717, 1.165) is 17.4 Å². The van der Waals surface area contributed by atoms with Gasteiger partial charge in [-0.2, -0.15) is 0 Å². The monoisotopic (exact) mass is 636 g/mol. The van der Waals surface area contributed by atoms with Crippen molar-refractivity contribution in [3.05, 3.63) is 69.1 Å². The van der Waals surface area contributed by atoms with E-state index in [0.29, 0.717) is 23.6 Å². The Kier molecular flexibility index (Phi) is 8.56. The quantitative estimate of drug-likeness (QED) is 0.287. The van der Waals surface area contributed by atoms with Gasteiger partial charge in [0.05, 0.1) is 15.7 Å². The highest BCUT2D eigenvalue weighted by Crippen LogP contribution is 2.46. The minimum atomic E-state index is -1.07. The molecule has 6 nitrogen and oxygen atoms in total. The molecule has 1 aliphatic heterocycles. The molecule has 4 rings (SSSR count). The molecule has 41 heavy (non-hydrogen) atoms. The van der Waals surface area contributed by atoms with Gasteiger partial charge in [0.15, 0.2) is 5.82 Å². The zero-order valence-electron chi connectivity index (χ0n) is 24.4. The van der Waals surface area contributed by atoms with Crippen LogP contribution in [0.2, 0.25) is 0 Å². The van der Waals surface area contributed by atoms with Gasteiger partial charge in [0.25, 0.3) is 0 Å². The lowest BCUT2D eigenvalue weighted by atomic mass is 9.86. The summed E-state index contributed by atoms with van der Waals surface area (Å²) in [5.41, 5.74) is -0.909. The lowest BCUT2D eigenvalue weighted by Crippen LogP contribution is -2.50. The summed E-state index contributed by atoms with van der Waals surface area (Å²) in [4.78, 5) is 29.2. The van der Waals surface area contributed by atoms with E-state index in [2.05, 4.69) is 15.9 Å². The van der Waals surface area contributed by atoms with Crippen molar-refractivity contribution in [1.82, 2.24) is 9.47 Å². The second-order valence-corrected chi connectivity index (χ2v) is 13.3. The zero-order chi connectivity index (χ0) is 30.4. The lowest BCUT2D eigenvalue weighted by molar-refractivity contribution is 0.00322. The summed E-state index contributed by atoms with van der Waals surface area (Å²) in [7, 11) is 0. The van der Waals surface area contributed by atoms with E-state index >= 15 is 8.78 Å². The van der Waals surface area contributed by atoms with Gasteiger partial charge in [-0.1, -0.05) is 25.8 Å². The number of halogens is 4. The Bertz CT molecular complexity index is 1490. The molecular weight excluding hydrogens is 601 g/mol. The maximum atomic E-state index is 15.6. The highest BCUT2D eigenvalue weighted by molar-refractivity contribution is 9.10. The van der Waals surface area contributed by atoms with E-state index in [-0.39, 0.29) is 27.5 Å². The van der Waals surface area contributed by atoms with Crippen LogP contribution < -0.4 is 0 Å². The van der Waals surface area contributed by atoms with Crippen molar-refractivity contribution >= 4 is 39.0 Å². The predicted octanol–water partition coefficient (Wildman–Crippen LogP) is 9.05. The van der Waals surface area contributed by atoms with Crippen LogP contribution in [0, 0.1) is 17.5 Å². The van der Waals surface area contributed by atoms with Gasteiger partial charge in [0.2, 0.25) is 0 Å². The van der Waals surface area contributed by atoms with E-state index in [1.54, 1.807) is 47.6 Å². The summed E-state index contributed by atoms with van der Waals surface area (Å²) in [6, 6.07) is 4.79. The average molecular weight is 638 g/mol. The summed E-state index contributed by atoms with van der Waals surface area (Å²) in [5, 5.41) is 0.205. The second-order valence-electron chi connectivity index (χ2n) is 12.4. The van der Waals surface area contributed by atoms with E-state index in [1.807, 2.05) is 6.92 Å². The van der Waals surface area contributed by atoms with E-state index in [9.17, 15) is 14.0 Å². The van der Waals surface area contributed by atoms with Crippen molar-refractivity contribution in [3.8, 4) is 0 Å². The number of hydrogen-bond donors (Lipinski definition) is 0. The number of aromatic nitrogens is 1. The predicted molar refractivity (Wildman–Crippen MR) is 155 cm³/mol. The fourth-order valence-corrected chi connectivity index (χ4v) is 5.59. The maximum Gasteiger partial charge on any atom is 0.419 e. The molecule has 10 heteroatoms. The van der Waals surface area contributed by atoms with E-state index in [4.69, 9.17) is 9.47 Å². The molecule has 0 radical (unpaired) electrons. The fourth-order valence-electron chi connectivity index (χ4n) is 5.34. The SMILES string of the molecule is CCCC[C@H]1Cc2c(n(C(=O)OC(C)(C)C)c3c(F)cc(F)cc23)[C@H](c2ccc(Br)c(F)c2)N1C(=O)OC(C)(C)C. The molecule has 0 aliphatic carbocycles. The summed E-state index contributed by atoms with van der Waals surface area (Å²) in [6.45, 7) is 12.3. The van der Waals surface area contributed by atoms with Gasteiger partial charge in [-0.05, 0) is 99.6 Å². The van der Waals surface area contributed by atoms with Gasteiger partial charge in [-0.25, -0.2) is 27.3 Å². The van der Waals surface area contributed by atoms with Crippen LogP contribution in [-0.4, -0.2) is 38.9 Å². The summed E-state index contributed by atoms with van der Waals surface area (Å²) in [6.07, 6.45) is 0.805. The molecule has 1 aromatic heterocycles. The third kappa shape index (κ3) is 6.42. The number of nitrogens with zero attached hydrogens (tertiary/aromatic N) is 2. The lowest BCUT2D eigenvalue weighted by Gasteiger charge is -2.43. The van der Waals surface area contributed by atoms with Crippen LogP contribution >= 0.6 is 15.9 Å². The highest BCUT2D eigenvalue weighted by Gasteiger charge is 2.45. The first-order valence-corrected chi connectivity index (χ1v) is 14.5. The van der Waals surface area contributed by atoms with Gasteiger partial charge in [0, 0.05) is 17.5 Å². The summed E-state index contributed by atoms with van der Waals surface area (Å²) >= 11 is 3.18. The Morgan fingerprint density at radius 1 is 0.951 bits per heavy atom. The number of hydrogen-bond acceptors (Lipinski definition) is 4. The molecule has 2 atom stereocenters. The second kappa shape index (κ2) is 11.3. The largest absolute Gasteiger partial charge is 0.444 e. The Hall–Kier alpha value is -3.01. The van der Waals surface area contributed by atoms with Crippen molar-refractivity contribution in [2.75, 3.05) is 0 Å². The summed E-state index contributed by atoms with van der Waals surface area (Å²) < 4.78 is 58.0. The molecule has 0 fully saturated rings. The maximum absolute atomic E-state index is 15.6. The third-order valence-electron chi connectivity index (χ3n) is 6.83. The number of fused-ring (bicyclic) bond motifs is 3. The number of benzene rings is 2. The van der Waals surface area contributed by atoms with Crippen molar-refractivity contribution in [3.63, 3.8) is 0 Å². The Morgan fingerprint density at radius 2 is 1.59 bits per heavy atom. The molecule has 0 N–H and O–H groups in total. The van der Waals surface area contributed by atoms with Gasteiger partial charge in [-0.3, -0.25) is 4.90 Å². The molecule has 0 saturated carbocycles. The third-order valence-corrected chi connectivity index (χ3v) is 7.47. The number of unbranched alkanes of at least 4 members (excludes halogenated alkanes) is 1. The number of amides is 1. The number of rotatable bonds is 4. The topological polar surface area (TPSA) is 60.8 Å².